The van der Waals surface area contributed by atoms with Crippen molar-refractivity contribution in [1.29, 1.82) is 5.41 Å². The van der Waals surface area contributed by atoms with Crippen LogP contribution in [0.1, 0.15) is 5.56 Å². The first-order valence-corrected chi connectivity index (χ1v) is 6.40. The molecule has 0 aliphatic carbocycles. The standard InChI is InChI=1S/C13H9Cl2N3O3/c14-7-1-3-9(13(16)17)12(5-7)21-8-2-4-11(18(19)20)10(15)6-8/h1-6H,(H3,16,17). The summed E-state index contributed by atoms with van der Waals surface area (Å²) in [4.78, 5) is 10.1. The molecule has 8 heteroatoms. The summed E-state index contributed by atoms with van der Waals surface area (Å²) in [5.41, 5.74) is 5.59. The summed E-state index contributed by atoms with van der Waals surface area (Å²) in [6.45, 7) is 0. The molecule has 21 heavy (non-hydrogen) atoms. The predicted molar refractivity (Wildman–Crippen MR) is 80.6 cm³/mol. The van der Waals surface area contributed by atoms with Crippen LogP contribution < -0.4 is 10.5 Å². The molecule has 0 spiro atoms. The number of nitro benzene ring substituents is 1. The minimum Gasteiger partial charge on any atom is -0.456 e. The van der Waals surface area contributed by atoms with E-state index in [2.05, 4.69) is 0 Å². The highest BCUT2D eigenvalue weighted by Crippen LogP contribution is 2.33. The highest BCUT2D eigenvalue weighted by Gasteiger charge is 2.14. The van der Waals surface area contributed by atoms with Gasteiger partial charge >= 0.3 is 0 Å². The van der Waals surface area contributed by atoms with E-state index < -0.39 is 4.92 Å². The molecule has 0 saturated heterocycles. The maximum absolute atomic E-state index is 10.7. The topological polar surface area (TPSA) is 102 Å². The number of hydrogen-bond acceptors (Lipinski definition) is 4. The third-order valence-electron chi connectivity index (χ3n) is 2.58. The first-order chi connectivity index (χ1) is 9.88. The van der Waals surface area contributed by atoms with Crippen molar-refractivity contribution in [2.24, 2.45) is 5.73 Å². The minimum atomic E-state index is -0.591. The van der Waals surface area contributed by atoms with Crippen LogP contribution in [0.15, 0.2) is 36.4 Å². The van der Waals surface area contributed by atoms with Crippen molar-refractivity contribution in [2.75, 3.05) is 0 Å². The molecule has 2 aromatic rings. The van der Waals surface area contributed by atoms with Crippen LogP contribution in [0.2, 0.25) is 10.0 Å². The molecule has 0 bridgehead atoms. The summed E-state index contributed by atoms with van der Waals surface area (Å²) < 4.78 is 5.55. The summed E-state index contributed by atoms with van der Waals surface area (Å²) in [6.07, 6.45) is 0. The van der Waals surface area contributed by atoms with Crippen LogP contribution in [0.25, 0.3) is 0 Å². The van der Waals surface area contributed by atoms with E-state index in [1.807, 2.05) is 0 Å². The van der Waals surface area contributed by atoms with Crippen LogP contribution in [0, 0.1) is 15.5 Å². The van der Waals surface area contributed by atoms with Gasteiger partial charge in [-0.3, -0.25) is 15.5 Å². The molecule has 3 N–H and O–H groups in total. The number of nitrogens with one attached hydrogen (secondary N) is 1. The van der Waals surface area contributed by atoms with E-state index in [1.165, 1.54) is 24.3 Å². The Morgan fingerprint density at radius 2 is 1.95 bits per heavy atom. The van der Waals surface area contributed by atoms with Crippen molar-refractivity contribution in [3.05, 3.63) is 62.1 Å². The van der Waals surface area contributed by atoms with Gasteiger partial charge < -0.3 is 10.5 Å². The molecular weight excluding hydrogens is 317 g/mol. The Balaban J connectivity index is 2.38. The van der Waals surface area contributed by atoms with Crippen LogP contribution >= 0.6 is 23.2 Å². The monoisotopic (exact) mass is 325 g/mol. The van der Waals surface area contributed by atoms with Gasteiger partial charge in [-0.1, -0.05) is 23.2 Å². The second-order valence-corrected chi connectivity index (χ2v) is 4.87. The van der Waals surface area contributed by atoms with Gasteiger partial charge in [-0.2, -0.15) is 0 Å². The van der Waals surface area contributed by atoms with E-state index in [4.69, 9.17) is 39.1 Å². The Morgan fingerprint density at radius 3 is 2.52 bits per heavy atom. The first-order valence-electron chi connectivity index (χ1n) is 5.64. The van der Waals surface area contributed by atoms with Crippen LogP contribution in [0.5, 0.6) is 11.5 Å². The number of nitrogen functional groups attached to an aromatic ring is 1. The van der Waals surface area contributed by atoms with Crippen molar-refractivity contribution in [3.8, 4) is 11.5 Å². The largest absolute Gasteiger partial charge is 0.456 e. The number of hydrogen-bond donors (Lipinski definition) is 2. The maximum Gasteiger partial charge on any atom is 0.288 e. The molecule has 0 atom stereocenters. The van der Waals surface area contributed by atoms with Gasteiger partial charge in [0.05, 0.1) is 10.5 Å². The van der Waals surface area contributed by atoms with Crippen LogP contribution in [-0.4, -0.2) is 10.8 Å². The maximum atomic E-state index is 10.7. The van der Waals surface area contributed by atoms with E-state index in [9.17, 15) is 10.1 Å². The van der Waals surface area contributed by atoms with Crippen molar-refractivity contribution in [1.82, 2.24) is 0 Å². The van der Waals surface area contributed by atoms with E-state index in [-0.39, 0.29) is 28.0 Å². The Labute approximate surface area is 129 Å². The molecule has 0 saturated carbocycles. The normalized spacial score (nSPS) is 10.2. The van der Waals surface area contributed by atoms with Gasteiger partial charge in [-0.05, 0) is 18.2 Å². The van der Waals surface area contributed by atoms with Gasteiger partial charge in [0, 0.05) is 23.2 Å². The summed E-state index contributed by atoms with van der Waals surface area (Å²) in [7, 11) is 0. The second-order valence-electron chi connectivity index (χ2n) is 4.03. The molecule has 6 nitrogen and oxygen atoms in total. The van der Waals surface area contributed by atoms with Gasteiger partial charge in [0.25, 0.3) is 5.69 Å². The summed E-state index contributed by atoms with van der Waals surface area (Å²) in [5, 5.41) is 18.5. The van der Waals surface area contributed by atoms with E-state index >= 15 is 0 Å². The zero-order valence-corrected chi connectivity index (χ0v) is 12.0. The molecule has 108 valence electrons. The van der Waals surface area contributed by atoms with Gasteiger partial charge in [0.1, 0.15) is 22.4 Å². The van der Waals surface area contributed by atoms with Gasteiger partial charge in [0.2, 0.25) is 0 Å². The van der Waals surface area contributed by atoms with Crippen molar-refractivity contribution in [2.45, 2.75) is 0 Å². The number of amidine groups is 1. The van der Waals surface area contributed by atoms with Crippen molar-refractivity contribution in [3.63, 3.8) is 0 Å². The molecule has 0 aromatic heterocycles. The molecule has 0 unspecified atom stereocenters. The van der Waals surface area contributed by atoms with Crippen LogP contribution in [-0.2, 0) is 0 Å². The smallest absolute Gasteiger partial charge is 0.288 e. The average Bonchev–Trinajstić information content (AvgIpc) is 2.37. The number of benzene rings is 2. The lowest BCUT2D eigenvalue weighted by atomic mass is 10.2. The number of ether oxygens (including phenoxy) is 1. The van der Waals surface area contributed by atoms with E-state index in [0.29, 0.717) is 10.6 Å². The average molecular weight is 326 g/mol. The zero-order valence-electron chi connectivity index (χ0n) is 10.5. The molecule has 0 aliphatic heterocycles. The predicted octanol–water partition coefficient (Wildman–Crippen LogP) is 3.98. The molecule has 0 aliphatic rings. The SMILES string of the molecule is N=C(N)c1ccc(Cl)cc1Oc1ccc([N+](=O)[O-])c(Cl)c1. The second kappa shape index (κ2) is 5.99. The Morgan fingerprint density at radius 1 is 1.24 bits per heavy atom. The highest BCUT2D eigenvalue weighted by molar-refractivity contribution is 6.32. The van der Waals surface area contributed by atoms with E-state index in [0.717, 1.165) is 0 Å². The van der Waals surface area contributed by atoms with Crippen molar-refractivity contribution >= 4 is 34.7 Å². The van der Waals surface area contributed by atoms with Gasteiger partial charge in [0.15, 0.2) is 0 Å². The fraction of sp³-hybridized carbons (Fsp3) is 0. The van der Waals surface area contributed by atoms with Gasteiger partial charge in [-0.25, -0.2) is 0 Å². The number of nitrogens with two attached hydrogens (primary N) is 1. The molecule has 2 aromatic carbocycles. The molecule has 0 heterocycles. The Bertz CT molecular complexity index is 735. The molecule has 2 rings (SSSR count). The third-order valence-corrected chi connectivity index (χ3v) is 3.12. The molecule has 0 radical (unpaired) electrons. The Hall–Kier alpha value is -2.31. The van der Waals surface area contributed by atoms with Crippen molar-refractivity contribution < 1.29 is 9.66 Å². The fourth-order valence-electron chi connectivity index (χ4n) is 1.63. The lowest BCUT2D eigenvalue weighted by Crippen LogP contribution is -2.12. The lowest BCUT2D eigenvalue weighted by Gasteiger charge is -2.11. The first kappa shape index (κ1) is 15.1. The molecular formula is C13H9Cl2N3O3. The number of nitro groups is 1. The summed E-state index contributed by atoms with van der Waals surface area (Å²) in [6, 6.07) is 8.56. The number of nitrogens with zero attached hydrogens (tertiary/aromatic N) is 1. The Kier molecular flexibility index (Phi) is 4.30. The lowest BCUT2D eigenvalue weighted by molar-refractivity contribution is -0.384. The minimum absolute atomic E-state index is 0.0519. The highest BCUT2D eigenvalue weighted by atomic mass is 35.5. The van der Waals surface area contributed by atoms with Crippen LogP contribution in [0.3, 0.4) is 0 Å². The number of halogens is 2. The molecule has 0 amide bonds. The zero-order chi connectivity index (χ0) is 15.6. The molecule has 0 fully saturated rings. The summed E-state index contributed by atoms with van der Waals surface area (Å²) in [5.74, 6) is 0.352. The van der Waals surface area contributed by atoms with E-state index in [1.54, 1.807) is 12.1 Å². The quantitative estimate of drug-likeness (QED) is 0.384. The number of rotatable bonds is 4. The van der Waals surface area contributed by atoms with Crippen LogP contribution in [0.4, 0.5) is 5.69 Å². The third kappa shape index (κ3) is 3.42. The fourth-order valence-corrected chi connectivity index (χ4v) is 2.03. The van der Waals surface area contributed by atoms with Gasteiger partial charge in [-0.15, -0.1) is 0 Å². The summed E-state index contributed by atoms with van der Waals surface area (Å²) >= 11 is 11.7.